The van der Waals surface area contributed by atoms with Gasteiger partial charge in [0.05, 0.1) is 0 Å². The summed E-state index contributed by atoms with van der Waals surface area (Å²) in [6, 6.07) is 7.35. The van der Waals surface area contributed by atoms with Gasteiger partial charge in [0, 0.05) is 12.5 Å². The van der Waals surface area contributed by atoms with E-state index in [1.54, 1.807) is 12.1 Å². The lowest BCUT2D eigenvalue weighted by Gasteiger charge is -2.56. The van der Waals surface area contributed by atoms with E-state index in [1.807, 2.05) is 12.1 Å². The van der Waals surface area contributed by atoms with Crippen molar-refractivity contribution >= 4 is 0 Å². The van der Waals surface area contributed by atoms with Gasteiger partial charge in [0.15, 0.2) is 0 Å². The minimum absolute atomic E-state index is 0.0245. The molecule has 1 nitrogen and oxygen atoms in total. The van der Waals surface area contributed by atoms with E-state index >= 15 is 0 Å². The van der Waals surface area contributed by atoms with Crippen LogP contribution in [0.25, 0.3) is 0 Å². The molecule has 0 amide bonds. The van der Waals surface area contributed by atoms with Crippen molar-refractivity contribution in [3.05, 3.63) is 35.6 Å². The quantitative estimate of drug-likeness (QED) is 0.850. The standard InChI is InChI=1S/C17H24FN/c1-12(2)13-9-17(10-13)7-8-19-11-15(17)14-5-3-4-6-16(14)18/h3-6,12-13,15,19H,7-11H2,1-2H3. The zero-order chi connectivity index (χ0) is 13.5. The average Bonchev–Trinajstić information content (AvgIpc) is 2.36. The van der Waals surface area contributed by atoms with Gasteiger partial charge in [-0.05, 0) is 54.7 Å². The van der Waals surface area contributed by atoms with Crippen molar-refractivity contribution in [1.29, 1.82) is 0 Å². The van der Waals surface area contributed by atoms with Crippen molar-refractivity contribution in [3.63, 3.8) is 0 Å². The molecule has 0 radical (unpaired) electrons. The second-order valence-electron chi connectivity index (χ2n) is 6.80. The topological polar surface area (TPSA) is 12.0 Å². The van der Waals surface area contributed by atoms with E-state index < -0.39 is 0 Å². The van der Waals surface area contributed by atoms with Crippen LogP contribution in [0.3, 0.4) is 0 Å². The summed E-state index contributed by atoms with van der Waals surface area (Å²) in [6.07, 6.45) is 3.77. The number of halogens is 1. The van der Waals surface area contributed by atoms with E-state index in [1.165, 1.54) is 19.3 Å². The number of hydrogen-bond acceptors (Lipinski definition) is 1. The number of rotatable bonds is 2. The van der Waals surface area contributed by atoms with Crippen molar-refractivity contribution < 1.29 is 4.39 Å². The summed E-state index contributed by atoms with van der Waals surface area (Å²) in [5.74, 6) is 1.94. The zero-order valence-electron chi connectivity index (χ0n) is 12.0. The first kappa shape index (κ1) is 13.1. The molecule has 0 aromatic heterocycles. The van der Waals surface area contributed by atoms with Gasteiger partial charge in [0.2, 0.25) is 0 Å². The zero-order valence-corrected chi connectivity index (χ0v) is 12.0. The first-order valence-corrected chi connectivity index (χ1v) is 7.57. The van der Waals surface area contributed by atoms with Gasteiger partial charge < -0.3 is 5.32 Å². The summed E-state index contributed by atoms with van der Waals surface area (Å²) >= 11 is 0. The average molecular weight is 261 g/mol. The number of benzene rings is 1. The molecule has 1 aromatic rings. The lowest BCUT2D eigenvalue weighted by atomic mass is 9.50. The fourth-order valence-corrected chi connectivity index (χ4v) is 4.12. The summed E-state index contributed by atoms with van der Waals surface area (Å²) in [7, 11) is 0. The monoisotopic (exact) mass is 261 g/mol. The molecule has 2 fully saturated rings. The van der Waals surface area contributed by atoms with Crippen LogP contribution in [0.15, 0.2) is 24.3 Å². The van der Waals surface area contributed by atoms with E-state index in [2.05, 4.69) is 19.2 Å². The van der Waals surface area contributed by atoms with Gasteiger partial charge >= 0.3 is 0 Å². The van der Waals surface area contributed by atoms with Gasteiger partial charge in [-0.2, -0.15) is 0 Å². The predicted molar refractivity (Wildman–Crippen MR) is 76.6 cm³/mol. The Labute approximate surface area is 115 Å². The first-order chi connectivity index (χ1) is 9.12. The largest absolute Gasteiger partial charge is 0.316 e. The van der Waals surface area contributed by atoms with E-state index in [0.717, 1.165) is 30.5 Å². The molecule has 0 bridgehead atoms. The Morgan fingerprint density at radius 3 is 2.68 bits per heavy atom. The molecule has 3 rings (SSSR count). The van der Waals surface area contributed by atoms with Crippen LogP contribution in [0, 0.1) is 23.1 Å². The van der Waals surface area contributed by atoms with Crippen LogP contribution < -0.4 is 5.32 Å². The van der Waals surface area contributed by atoms with Crippen LogP contribution in [0.4, 0.5) is 4.39 Å². The smallest absolute Gasteiger partial charge is 0.126 e. The molecular formula is C17H24FN. The van der Waals surface area contributed by atoms with E-state index in [0.29, 0.717) is 11.3 Å². The third-order valence-electron chi connectivity index (χ3n) is 5.45. The van der Waals surface area contributed by atoms with E-state index in [9.17, 15) is 4.39 Å². The number of hydrogen-bond donors (Lipinski definition) is 1. The van der Waals surface area contributed by atoms with Crippen LogP contribution in [-0.2, 0) is 0 Å². The Hall–Kier alpha value is -0.890. The molecule has 1 unspecified atom stereocenters. The van der Waals surface area contributed by atoms with Crippen molar-refractivity contribution in [2.75, 3.05) is 13.1 Å². The highest BCUT2D eigenvalue weighted by molar-refractivity contribution is 5.27. The Bertz CT molecular complexity index is 448. The van der Waals surface area contributed by atoms with Crippen molar-refractivity contribution in [1.82, 2.24) is 5.32 Å². The van der Waals surface area contributed by atoms with Crippen molar-refractivity contribution in [2.24, 2.45) is 17.3 Å². The minimum Gasteiger partial charge on any atom is -0.316 e. The highest BCUT2D eigenvalue weighted by Gasteiger charge is 2.51. The minimum atomic E-state index is -0.0245. The molecular weight excluding hydrogens is 237 g/mol. The van der Waals surface area contributed by atoms with Crippen LogP contribution in [0.5, 0.6) is 0 Å². The highest BCUT2D eigenvalue weighted by atomic mass is 19.1. The Morgan fingerprint density at radius 1 is 1.26 bits per heavy atom. The maximum atomic E-state index is 14.1. The Kier molecular flexibility index (Phi) is 3.38. The molecule has 1 atom stereocenters. The van der Waals surface area contributed by atoms with Gasteiger partial charge in [0.1, 0.15) is 5.82 Å². The molecule has 1 aliphatic heterocycles. The van der Waals surface area contributed by atoms with Crippen LogP contribution in [0.1, 0.15) is 44.6 Å². The van der Waals surface area contributed by atoms with Crippen LogP contribution in [-0.4, -0.2) is 13.1 Å². The molecule has 1 saturated heterocycles. The molecule has 1 saturated carbocycles. The molecule has 2 aliphatic rings. The normalized spacial score (nSPS) is 34.5. The third-order valence-corrected chi connectivity index (χ3v) is 5.45. The maximum absolute atomic E-state index is 14.1. The molecule has 1 aliphatic carbocycles. The third kappa shape index (κ3) is 2.20. The highest BCUT2D eigenvalue weighted by Crippen LogP contribution is 2.59. The summed E-state index contributed by atoms with van der Waals surface area (Å²) < 4.78 is 14.1. The summed E-state index contributed by atoms with van der Waals surface area (Å²) in [4.78, 5) is 0. The van der Waals surface area contributed by atoms with Gasteiger partial charge in [-0.25, -0.2) is 4.39 Å². The first-order valence-electron chi connectivity index (χ1n) is 7.57. The second-order valence-corrected chi connectivity index (χ2v) is 6.80. The predicted octanol–water partition coefficient (Wildman–Crippen LogP) is 3.96. The molecule has 1 spiro atoms. The molecule has 104 valence electrons. The van der Waals surface area contributed by atoms with Gasteiger partial charge in [0.25, 0.3) is 0 Å². The summed E-state index contributed by atoms with van der Waals surface area (Å²) in [5, 5.41) is 3.46. The van der Waals surface area contributed by atoms with Gasteiger partial charge in [-0.15, -0.1) is 0 Å². The lowest BCUT2D eigenvalue weighted by molar-refractivity contribution is -0.0223. The maximum Gasteiger partial charge on any atom is 0.126 e. The molecule has 19 heavy (non-hydrogen) atoms. The Morgan fingerprint density at radius 2 is 2.00 bits per heavy atom. The summed E-state index contributed by atoms with van der Waals surface area (Å²) in [6.45, 7) is 6.66. The molecule has 2 heteroatoms. The fraction of sp³-hybridized carbons (Fsp3) is 0.647. The molecule has 1 aromatic carbocycles. The summed E-state index contributed by atoms with van der Waals surface area (Å²) in [5.41, 5.74) is 1.29. The van der Waals surface area contributed by atoms with Crippen LogP contribution in [0.2, 0.25) is 0 Å². The molecule has 1 heterocycles. The number of nitrogens with one attached hydrogen (secondary N) is 1. The van der Waals surface area contributed by atoms with Gasteiger partial charge in [-0.1, -0.05) is 32.0 Å². The van der Waals surface area contributed by atoms with E-state index in [-0.39, 0.29) is 5.82 Å². The van der Waals surface area contributed by atoms with Gasteiger partial charge in [-0.3, -0.25) is 0 Å². The molecule has 1 N–H and O–H groups in total. The second kappa shape index (κ2) is 4.90. The van der Waals surface area contributed by atoms with Crippen LogP contribution >= 0.6 is 0 Å². The van der Waals surface area contributed by atoms with Crippen molar-refractivity contribution in [2.45, 2.75) is 39.0 Å². The van der Waals surface area contributed by atoms with E-state index in [4.69, 9.17) is 0 Å². The van der Waals surface area contributed by atoms with Crippen molar-refractivity contribution in [3.8, 4) is 0 Å². The Balaban J connectivity index is 1.85. The lowest BCUT2D eigenvalue weighted by Crippen LogP contribution is -2.52. The number of piperidine rings is 1. The SMILES string of the molecule is CC(C)C1CC2(CCNCC2c2ccccc2F)C1. The fourth-order valence-electron chi connectivity index (χ4n) is 4.12.